The number of rotatable bonds is 0. The van der Waals surface area contributed by atoms with Gasteiger partial charge in [0.05, 0.1) is 0 Å². The number of hydrogen-bond acceptors (Lipinski definition) is 1. The summed E-state index contributed by atoms with van der Waals surface area (Å²) >= 11 is 2.62. The summed E-state index contributed by atoms with van der Waals surface area (Å²) in [5.41, 5.74) is 0. The van der Waals surface area contributed by atoms with Crippen molar-refractivity contribution in [1.29, 1.82) is 0 Å². The molecule has 1 nitrogen and oxygen atoms in total. The van der Waals surface area contributed by atoms with Crippen LogP contribution in [0.2, 0.25) is 0 Å². The molecule has 0 aliphatic rings. The van der Waals surface area contributed by atoms with Crippen LogP contribution in [0, 0.1) is 35.6 Å². The van der Waals surface area contributed by atoms with Gasteiger partial charge in [-0.2, -0.15) is 0 Å². The SMILES string of the molecule is [La].[Mn].[O]=[Ni].[SrH2]. The Morgan fingerprint density at radius 3 is 1.20 bits per heavy atom. The average molecular weight is 358 g/mol. The molecule has 0 aliphatic carbocycles. The molecule has 0 aromatic rings. The third-order valence-corrected chi connectivity index (χ3v) is 0. The first-order valence-corrected chi connectivity index (χ1v) is 0.532. The van der Waals surface area contributed by atoms with E-state index in [0.717, 1.165) is 0 Å². The minimum absolute atomic E-state index is 0. The first kappa shape index (κ1) is 23.6. The standard InChI is InChI=1S/La.Mn.Ni.O.Sr.2H. The van der Waals surface area contributed by atoms with E-state index in [1.165, 1.54) is 0 Å². The molecule has 0 saturated heterocycles. The van der Waals surface area contributed by atoms with Gasteiger partial charge >= 0.3 is 64.8 Å². The van der Waals surface area contributed by atoms with Crippen molar-refractivity contribution in [2.75, 3.05) is 0 Å². The summed E-state index contributed by atoms with van der Waals surface area (Å²) in [7, 11) is 0. The van der Waals surface area contributed by atoms with Crippen LogP contribution in [-0.4, -0.2) is 45.5 Å². The Kier molecular flexibility index (Phi) is 122. The fourth-order valence-corrected chi connectivity index (χ4v) is 0. The predicted octanol–water partition coefficient (Wildman–Crippen LogP) is -1.04. The Morgan fingerprint density at radius 2 is 1.20 bits per heavy atom. The topological polar surface area (TPSA) is 17.1 Å². The van der Waals surface area contributed by atoms with Crippen molar-refractivity contribution in [1.82, 2.24) is 0 Å². The molecule has 0 atom stereocenters. The predicted molar refractivity (Wildman–Crippen MR) is 9.23 cm³/mol. The molecule has 0 fully saturated rings. The van der Waals surface area contributed by atoms with E-state index in [2.05, 4.69) is 15.4 Å². The van der Waals surface area contributed by atoms with Gasteiger partial charge in [-0.15, -0.1) is 0 Å². The summed E-state index contributed by atoms with van der Waals surface area (Å²) in [5, 5.41) is 0. The van der Waals surface area contributed by atoms with Crippen LogP contribution in [0.4, 0.5) is 0 Å². The Hall–Kier alpha value is 3.49. The van der Waals surface area contributed by atoms with Crippen molar-refractivity contribution >= 4 is 45.5 Å². The zero-order valence-corrected chi connectivity index (χ0v) is 7.47. The molecule has 0 spiro atoms. The fourth-order valence-electron chi connectivity index (χ4n) is 0. The summed E-state index contributed by atoms with van der Waals surface area (Å²) in [6, 6.07) is 0. The van der Waals surface area contributed by atoms with E-state index < -0.39 is 0 Å². The third kappa shape index (κ3) is 18.5. The summed E-state index contributed by atoms with van der Waals surface area (Å²) in [6.07, 6.45) is 0. The second-order valence-electron chi connectivity index (χ2n) is 0. The average Bonchev–Trinajstić information content (AvgIpc) is 1.00. The molecule has 0 aromatic carbocycles. The van der Waals surface area contributed by atoms with E-state index in [1.54, 1.807) is 0 Å². The van der Waals surface area contributed by atoms with Crippen molar-refractivity contribution in [3.63, 3.8) is 0 Å². The number of hydrogen-bond donors (Lipinski definition) is 0. The molecule has 0 unspecified atom stereocenters. The van der Waals surface area contributed by atoms with Crippen LogP contribution < -0.4 is 0 Å². The van der Waals surface area contributed by atoms with E-state index in [0.29, 0.717) is 0 Å². The molecule has 0 N–H and O–H groups in total. The minimum atomic E-state index is 0. The first-order chi connectivity index (χ1) is 1.00. The van der Waals surface area contributed by atoms with Crippen molar-refractivity contribution in [2.45, 2.75) is 0 Å². The molecule has 0 aliphatic heterocycles. The Balaban J connectivity index is -0.00000000167. The van der Waals surface area contributed by atoms with Gasteiger partial charge in [0.15, 0.2) is 0 Å². The van der Waals surface area contributed by atoms with Crippen LogP contribution in [-0.2, 0) is 36.4 Å². The molecule has 0 bridgehead atoms. The molecule has 0 aromatic heterocycles. The van der Waals surface area contributed by atoms with Gasteiger partial charge in [-0.25, -0.2) is 0 Å². The zero-order valence-electron chi connectivity index (χ0n) is 1.68. The second-order valence-corrected chi connectivity index (χ2v) is 0. The van der Waals surface area contributed by atoms with Gasteiger partial charge in [0, 0.05) is 52.7 Å². The second kappa shape index (κ2) is 25.9. The Morgan fingerprint density at radius 1 is 1.20 bits per heavy atom. The van der Waals surface area contributed by atoms with Crippen molar-refractivity contribution in [3.8, 4) is 0 Å². The Bertz CT molecular complexity index is 11.6. The van der Waals surface area contributed by atoms with Gasteiger partial charge < -0.3 is 0 Å². The van der Waals surface area contributed by atoms with Crippen LogP contribution in [0.1, 0.15) is 0 Å². The van der Waals surface area contributed by atoms with Crippen molar-refractivity contribution in [3.05, 3.63) is 0 Å². The molecular formula is H2LaMnNiOSr. The molecule has 0 saturated carbocycles. The monoisotopic (exact) mass is 358 g/mol. The van der Waals surface area contributed by atoms with Gasteiger partial charge in [-0.1, -0.05) is 0 Å². The summed E-state index contributed by atoms with van der Waals surface area (Å²) in [6.45, 7) is 0. The molecule has 30 valence electrons. The van der Waals surface area contributed by atoms with Crippen molar-refractivity contribution in [2.24, 2.45) is 0 Å². The van der Waals surface area contributed by atoms with Crippen LogP contribution in [0.15, 0.2) is 0 Å². The van der Waals surface area contributed by atoms with Crippen molar-refractivity contribution < 1.29 is 72.0 Å². The van der Waals surface area contributed by atoms with Gasteiger partial charge in [-0.3, -0.25) is 0 Å². The van der Waals surface area contributed by atoms with E-state index >= 15 is 0 Å². The van der Waals surface area contributed by atoms with Gasteiger partial charge in [0.25, 0.3) is 0 Å². The van der Waals surface area contributed by atoms with Gasteiger partial charge in [0.1, 0.15) is 0 Å². The molecule has 5 heavy (non-hydrogen) atoms. The fraction of sp³-hybridized carbons (Fsp3) is 0. The third-order valence-electron chi connectivity index (χ3n) is 0. The molecule has 0 rings (SSSR count). The molecular weight excluding hydrogens is 356 g/mol. The van der Waals surface area contributed by atoms with E-state index in [9.17, 15) is 0 Å². The molecule has 0 amide bonds. The maximum absolute atomic E-state index is 7.88. The summed E-state index contributed by atoms with van der Waals surface area (Å²) < 4.78 is 7.88. The van der Waals surface area contributed by atoms with E-state index in [4.69, 9.17) is 3.90 Å². The normalized spacial score (nSPS) is 1.20. The van der Waals surface area contributed by atoms with Crippen LogP contribution in [0.25, 0.3) is 0 Å². The molecule has 2 radical (unpaired) electrons. The quantitative estimate of drug-likeness (QED) is 0.506. The first-order valence-electron chi connectivity index (χ1n) is 0.129. The van der Waals surface area contributed by atoms with Crippen LogP contribution in [0.3, 0.4) is 0 Å². The van der Waals surface area contributed by atoms with Crippen LogP contribution in [0.5, 0.6) is 0 Å². The van der Waals surface area contributed by atoms with Gasteiger partial charge in [0.2, 0.25) is 0 Å². The zero-order chi connectivity index (χ0) is 2.00. The Labute approximate surface area is 114 Å². The summed E-state index contributed by atoms with van der Waals surface area (Å²) in [5.74, 6) is 0. The van der Waals surface area contributed by atoms with E-state index in [-0.39, 0.29) is 98.1 Å². The molecule has 5 heteroatoms. The van der Waals surface area contributed by atoms with Crippen LogP contribution >= 0.6 is 0 Å². The summed E-state index contributed by atoms with van der Waals surface area (Å²) in [4.78, 5) is 0. The maximum atomic E-state index is 7.88. The van der Waals surface area contributed by atoms with E-state index in [1.807, 2.05) is 0 Å². The molecule has 0 heterocycles. The van der Waals surface area contributed by atoms with Gasteiger partial charge in [-0.05, 0) is 0 Å².